The van der Waals surface area contributed by atoms with Crippen molar-refractivity contribution in [3.8, 4) is 0 Å². The number of nitrogens with zero attached hydrogens (tertiary/aromatic N) is 2. The molecule has 0 aromatic carbocycles. The Labute approximate surface area is 82.9 Å². The van der Waals surface area contributed by atoms with Crippen molar-refractivity contribution in [2.45, 2.75) is 20.3 Å². The number of aliphatic carboxylic acids is 1. The van der Waals surface area contributed by atoms with E-state index in [0.29, 0.717) is 12.0 Å². The van der Waals surface area contributed by atoms with E-state index in [4.69, 9.17) is 5.11 Å². The first kappa shape index (κ1) is 10.5. The van der Waals surface area contributed by atoms with Crippen LogP contribution in [0.2, 0.25) is 0 Å². The molecule has 0 unspecified atom stereocenters. The first-order valence-corrected chi connectivity index (χ1v) is 4.48. The normalized spacial score (nSPS) is 11.8. The lowest BCUT2D eigenvalue weighted by Crippen LogP contribution is -2.00. The molecule has 0 spiro atoms. The van der Waals surface area contributed by atoms with Crippen molar-refractivity contribution in [3.63, 3.8) is 0 Å². The molecule has 0 saturated carbocycles. The van der Waals surface area contributed by atoms with Gasteiger partial charge in [-0.15, -0.1) is 0 Å². The lowest BCUT2D eigenvalue weighted by atomic mass is 10.2. The molecule has 76 valence electrons. The van der Waals surface area contributed by atoms with Crippen LogP contribution in [-0.4, -0.2) is 20.6 Å². The minimum absolute atomic E-state index is 0.396. The standard InChI is InChI=1S/C10H14N2O2/c1-4-8(10(13)14)5-9-6-11-7(2)12(9)3/h5-6H,4H2,1-3H3,(H,13,14)/b8-5+. The Balaban J connectivity index is 3.06. The summed E-state index contributed by atoms with van der Waals surface area (Å²) >= 11 is 0. The van der Waals surface area contributed by atoms with Crippen LogP contribution in [0.1, 0.15) is 24.9 Å². The van der Waals surface area contributed by atoms with Gasteiger partial charge in [0.05, 0.1) is 11.9 Å². The van der Waals surface area contributed by atoms with E-state index < -0.39 is 5.97 Å². The molecular weight excluding hydrogens is 180 g/mol. The van der Waals surface area contributed by atoms with E-state index in [2.05, 4.69) is 4.98 Å². The molecule has 1 aromatic rings. The number of hydrogen-bond donors (Lipinski definition) is 1. The number of hydrogen-bond acceptors (Lipinski definition) is 2. The van der Waals surface area contributed by atoms with E-state index in [1.54, 1.807) is 12.3 Å². The second-order valence-corrected chi connectivity index (χ2v) is 3.12. The summed E-state index contributed by atoms with van der Waals surface area (Å²) in [7, 11) is 1.86. The van der Waals surface area contributed by atoms with Crippen LogP contribution in [0, 0.1) is 6.92 Å². The molecule has 1 rings (SSSR count). The van der Waals surface area contributed by atoms with Gasteiger partial charge in [0.1, 0.15) is 5.82 Å². The fourth-order valence-electron chi connectivity index (χ4n) is 1.15. The largest absolute Gasteiger partial charge is 0.478 e. The first-order valence-electron chi connectivity index (χ1n) is 4.48. The molecule has 1 N–H and O–H groups in total. The van der Waals surface area contributed by atoms with E-state index >= 15 is 0 Å². The third-order valence-corrected chi connectivity index (χ3v) is 2.23. The monoisotopic (exact) mass is 194 g/mol. The molecule has 0 amide bonds. The zero-order valence-electron chi connectivity index (χ0n) is 8.61. The second kappa shape index (κ2) is 4.09. The Morgan fingerprint density at radius 1 is 1.71 bits per heavy atom. The molecular formula is C10H14N2O2. The number of imidazole rings is 1. The van der Waals surface area contributed by atoms with Crippen molar-refractivity contribution in [2.75, 3.05) is 0 Å². The molecule has 4 nitrogen and oxygen atoms in total. The Kier molecular flexibility index (Phi) is 3.06. The highest BCUT2D eigenvalue weighted by Gasteiger charge is 2.06. The Bertz CT molecular complexity index is 377. The molecule has 1 aromatic heterocycles. The van der Waals surface area contributed by atoms with Gasteiger partial charge in [0, 0.05) is 12.6 Å². The molecule has 1 heterocycles. The summed E-state index contributed by atoms with van der Waals surface area (Å²) in [5.41, 5.74) is 1.22. The van der Waals surface area contributed by atoms with Crippen molar-refractivity contribution in [1.82, 2.24) is 9.55 Å². The second-order valence-electron chi connectivity index (χ2n) is 3.12. The lowest BCUT2D eigenvalue weighted by molar-refractivity contribution is -0.132. The van der Waals surface area contributed by atoms with Crippen LogP contribution < -0.4 is 0 Å². The van der Waals surface area contributed by atoms with Crippen LogP contribution in [0.15, 0.2) is 11.8 Å². The van der Waals surface area contributed by atoms with E-state index in [1.807, 2.05) is 25.5 Å². The summed E-state index contributed by atoms with van der Waals surface area (Å²) in [6, 6.07) is 0. The third kappa shape index (κ3) is 2.02. The summed E-state index contributed by atoms with van der Waals surface area (Å²) < 4.78 is 1.86. The fraction of sp³-hybridized carbons (Fsp3) is 0.400. The highest BCUT2D eigenvalue weighted by atomic mass is 16.4. The van der Waals surface area contributed by atoms with Crippen LogP contribution in [0.3, 0.4) is 0 Å². The average Bonchev–Trinajstić information content (AvgIpc) is 2.44. The molecule has 4 heteroatoms. The number of carbonyl (C=O) groups is 1. The smallest absolute Gasteiger partial charge is 0.331 e. The van der Waals surface area contributed by atoms with E-state index in [0.717, 1.165) is 11.5 Å². The van der Waals surface area contributed by atoms with Crippen molar-refractivity contribution in [3.05, 3.63) is 23.3 Å². The topological polar surface area (TPSA) is 55.1 Å². The highest BCUT2D eigenvalue weighted by molar-refractivity contribution is 5.91. The third-order valence-electron chi connectivity index (χ3n) is 2.23. The molecule has 0 fully saturated rings. The minimum atomic E-state index is -0.869. The summed E-state index contributed by atoms with van der Waals surface area (Å²) in [5, 5.41) is 8.83. The van der Waals surface area contributed by atoms with Crippen molar-refractivity contribution < 1.29 is 9.90 Å². The fourth-order valence-corrected chi connectivity index (χ4v) is 1.15. The zero-order chi connectivity index (χ0) is 10.7. The van der Waals surface area contributed by atoms with E-state index in [9.17, 15) is 4.79 Å². The van der Waals surface area contributed by atoms with E-state index in [1.165, 1.54) is 0 Å². The summed E-state index contributed by atoms with van der Waals surface area (Å²) in [4.78, 5) is 14.8. The van der Waals surface area contributed by atoms with Gasteiger partial charge in [0.25, 0.3) is 0 Å². The van der Waals surface area contributed by atoms with Gasteiger partial charge < -0.3 is 9.67 Å². The van der Waals surface area contributed by atoms with E-state index in [-0.39, 0.29) is 0 Å². The Morgan fingerprint density at radius 3 is 2.71 bits per heavy atom. The highest BCUT2D eigenvalue weighted by Crippen LogP contribution is 2.10. The molecule has 0 bridgehead atoms. The first-order chi connectivity index (χ1) is 6.56. The maximum absolute atomic E-state index is 10.8. The predicted molar refractivity (Wildman–Crippen MR) is 53.8 cm³/mol. The van der Waals surface area contributed by atoms with Crippen LogP contribution in [0.5, 0.6) is 0 Å². The number of rotatable bonds is 3. The molecule has 0 radical (unpaired) electrons. The summed E-state index contributed by atoms with van der Waals surface area (Å²) in [5.74, 6) is 0.00319. The van der Waals surface area contributed by atoms with Gasteiger partial charge in [-0.1, -0.05) is 6.92 Å². The number of carboxylic acid groups (broad SMARTS) is 1. The Morgan fingerprint density at radius 2 is 2.36 bits per heavy atom. The van der Waals surface area contributed by atoms with Gasteiger partial charge in [0.15, 0.2) is 0 Å². The van der Waals surface area contributed by atoms with Crippen LogP contribution in [-0.2, 0) is 11.8 Å². The quantitative estimate of drug-likeness (QED) is 0.744. The predicted octanol–water partition coefficient (Wildman–Crippen LogP) is 1.61. The molecule has 0 atom stereocenters. The van der Waals surface area contributed by atoms with Crippen LogP contribution in [0.25, 0.3) is 6.08 Å². The maximum atomic E-state index is 10.8. The summed E-state index contributed by atoms with van der Waals surface area (Å²) in [6.45, 7) is 3.70. The minimum Gasteiger partial charge on any atom is -0.478 e. The number of carboxylic acids is 1. The van der Waals surface area contributed by atoms with Gasteiger partial charge in [-0.05, 0) is 19.4 Å². The number of aromatic nitrogens is 2. The van der Waals surface area contributed by atoms with Crippen LogP contribution in [0.4, 0.5) is 0 Å². The van der Waals surface area contributed by atoms with Crippen molar-refractivity contribution >= 4 is 12.0 Å². The maximum Gasteiger partial charge on any atom is 0.331 e. The molecule has 14 heavy (non-hydrogen) atoms. The molecule has 0 aliphatic heterocycles. The van der Waals surface area contributed by atoms with Gasteiger partial charge in [-0.25, -0.2) is 9.78 Å². The van der Waals surface area contributed by atoms with Crippen molar-refractivity contribution in [2.24, 2.45) is 7.05 Å². The Hall–Kier alpha value is -1.58. The van der Waals surface area contributed by atoms with Crippen molar-refractivity contribution in [1.29, 1.82) is 0 Å². The number of aryl methyl sites for hydroxylation is 1. The van der Waals surface area contributed by atoms with Gasteiger partial charge in [0.2, 0.25) is 0 Å². The molecule has 0 aliphatic carbocycles. The van der Waals surface area contributed by atoms with Crippen LogP contribution >= 0.6 is 0 Å². The molecule has 0 saturated heterocycles. The van der Waals surface area contributed by atoms with Gasteiger partial charge in [-0.2, -0.15) is 0 Å². The lowest BCUT2D eigenvalue weighted by Gasteiger charge is -2.00. The average molecular weight is 194 g/mol. The zero-order valence-corrected chi connectivity index (χ0v) is 8.61. The SMILES string of the molecule is CC/C(=C\c1cnc(C)n1C)C(=O)O. The molecule has 0 aliphatic rings. The van der Waals surface area contributed by atoms with Gasteiger partial charge >= 0.3 is 5.97 Å². The van der Waals surface area contributed by atoms with Gasteiger partial charge in [-0.3, -0.25) is 0 Å². The summed E-state index contributed by atoms with van der Waals surface area (Å²) in [6.07, 6.45) is 3.84.